The van der Waals surface area contributed by atoms with Crippen LogP contribution < -0.4 is 4.74 Å². The van der Waals surface area contributed by atoms with Crippen LogP contribution in [-0.4, -0.2) is 16.2 Å². The van der Waals surface area contributed by atoms with Gasteiger partial charge in [-0.25, -0.2) is 4.79 Å². The Balaban J connectivity index is 1.54. The predicted octanol–water partition coefficient (Wildman–Crippen LogP) is 9.62. The highest BCUT2D eigenvalue weighted by atomic mass is 16.7. The number of nitro groups is 1. The van der Waals surface area contributed by atoms with Crippen molar-refractivity contribution in [1.82, 2.24) is 0 Å². The first-order valence-corrected chi connectivity index (χ1v) is 14.1. The summed E-state index contributed by atoms with van der Waals surface area (Å²) in [5, 5.41) is 30.4. The fourth-order valence-corrected chi connectivity index (χ4v) is 7.20. The summed E-state index contributed by atoms with van der Waals surface area (Å²) in [5.74, 6) is -0.129. The van der Waals surface area contributed by atoms with Gasteiger partial charge in [-0.2, -0.15) is 0 Å². The molecule has 0 aromatic heterocycles. The topological polar surface area (TPSA) is 89.7 Å². The lowest BCUT2D eigenvalue weighted by Crippen LogP contribution is -2.09. The van der Waals surface area contributed by atoms with Gasteiger partial charge in [0, 0.05) is 23.6 Å². The van der Waals surface area contributed by atoms with Gasteiger partial charge in [0.15, 0.2) is 0 Å². The van der Waals surface area contributed by atoms with Crippen LogP contribution in [0.4, 0.5) is 10.5 Å². The Morgan fingerprint density at radius 3 is 1.51 bits per heavy atom. The first-order valence-electron chi connectivity index (χ1n) is 14.1. The lowest BCUT2D eigenvalue weighted by molar-refractivity contribution is -0.384. The Hall–Kier alpha value is -5.75. The van der Waals surface area contributed by atoms with E-state index in [-0.39, 0.29) is 17.4 Å². The number of nitro benzene ring substituents is 1. The van der Waals surface area contributed by atoms with Gasteiger partial charge >= 0.3 is 6.16 Å². The van der Waals surface area contributed by atoms with Crippen molar-refractivity contribution in [1.29, 1.82) is 0 Å². The number of hydrogen-bond donors (Lipinski definition) is 1. The molecule has 7 aromatic rings. The molecule has 0 heterocycles. The molecular weight excluding hydrogens is 538 g/mol. The second-order valence-corrected chi connectivity index (χ2v) is 10.9. The van der Waals surface area contributed by atoms with Crippen molar-refractivity contribution in [2.45, 2.75) is 12.3 Å². The number of fused-ring (bicyclic) bond motifs is 13. The lowest BCUT2D eigenvalue weighted by atomic mass is 9.83. The average Bonchev–Trinajstić information content (AvgIpc) is 3.37. The highest BCUT2D eigenvalue weighted by Crippen LogP contribution is 2.57. The quantitative estimate of drug-likeness (QED) is 0.0760. The minimum atomic E-state index is -1.46. The second-order valence-electron chi connectivity index (χ2n) is 10.9. The van der Waals surface area contributed by atoms with E-state index in [0.717, 1.165) is 65.3 Å². The van der Waals surface area contributed by atoms with Crippen LogP contribution in [0.3, 0.4) is 0 Å². The Labute approximate surface area is 245 Å². The zero-order valence-corrected chi connectivity index (χ0v) is 22.8. The smallest absolute Gasteiger partial charge is 0.449 e. The maximum Gasteiger partial charge on any atom is 0.511 e. The molecule has 0 aliphatic heterocycles. The number of rotatable bonds is 4. The van der Waals surface area contributed by atoms with Crippen molar-refractivity contribution in [2.24, 2.45) is 0 Å². The number of ether oxygens (including phenoxy) is 1. The van der Waals surface area contributed by atoms with Crippen LogP contribution in [0.1, 0.15) is 22.6 Å². The minimum Gasteiger partial charge on any atom is -0.449 e. The van der Waals surface area contributed by atoms with Gasteiger partial charge in [-0.3, -0.25) is 10.1 Å². The van der Waals surface area contributed by atoms with E-state index in [9.17, 15) is 20.0 Å². The number of hydrogen-bond acceptors (Lipinski definition) is 4. The molecule has 0 saturated carbocycles. The van der Waals surface area contributed by atoms with Crippen molar-refractivity contribution >= 4 is 54.9 Å². The molecule has 0 unspecified atom stereocenters. The van der Waals surface area contributed by atoms with E-state index in [1.165, 1.54) is 18.2 Å². The van der Waals surface area contributed by atoms with Gasteiger partial charge in [-0.05, 0) is 77.8 Å². The molecule has 0 bridgehead atoms. The third-order valence-corrected chi connectivity index (χ3v) is 8.77. The van der Waals surface area contributed by atoms with E-state index >= 15 is 0 Å². The van der Waals surface area contributed by atoms with Gasteiger partial charge in [0.2, 0.25) is 0 Å². The minimum absolute atomic E-state index is 0.100. The van der Waals surface area contributed by atoms with Crippen LogP contribution in [0, 0.1) is 10.1 Å². The summed E-state index contributed by atoms with van der Waals surface area (Å²) in [4.78, 5) is 23.0. The molecule has 0 saturated heterocycles. The van der Waals surface area contributed by atoms with E-state index in [0.29, 0.717) is 12.0 Å². The van der Waals surface area contributed by atoms with Gasteiger partial charge in [-0.15, -0.1) is 0 Å². The Kier molecular flexibility index (Phi) is 5.46. The second kappa shape index (κ2) is 9.39. The molecule has 6 nitrogen and oxygen atoms in total. The molecule has 1 N–H and O–H groups in total. The summed E-state index contributed by atoms with van der Waals surface area (Å²) in [5.41, 5.74) is 4.94. The third kappa shape index (κ3) is 3.70. The van der Waals surface area contributed by atoms with Crippen LogP contribution in [0.2, 0.25) is 0 Å². The van der Waals surface area contributed by atoms with Crippen molar-refractivity contribution in [3.05, 3.63) is 142 Å². The Bertz CT molecular complexity index is 2200. The molecule has 1 aliphatic rings. The molecule has 6 heteroatoms. The number of carbonyl (C=O) groups is 1. The monoisotopic (exact) mass is 561 g/mol. The van der Waals surface area contributed by atoms with Gasteiger partial charge in [-0.1, -0.05) is 97.1 Å². The molecule has 43 heavy (non-hydrogen) atoms. The fraction of sp³-hybridized carbons (Fsp3) is 0.0541. The molecular formula is C37H23NO5. The molecule has 0 radical (unpaired) electrons. The van der Waals surface area contributed by atoms with Gasteiger partial charge in [0.05, 0.1) is 4.92 Å². The molecule has 0 amide bonds. The van der Waals surface area contributed by atoms with E-state index < -0.39 is 11.1 Å². The molecule has 1 aliphatic carbocycles. The molecule has 206 valence electrons. The molecule has 0 spiro atoms. The summed E-state index contributed by atoms with van der Waals surface area (Å²) in [6, 6.07) is 37.8. The zero-order chi connectivity index (χ0) is 29.2. The van der Waals surface area contributed by atoms with E-state index in [4.69, 9.17) is 4.74 Å². The molecule has 0 atom stereocenters. The first kappa shape index (κ1) is 25.0. The van der Waals surface area contributed by atoms with Gasteiger partial charge < -0.3 is 9.84 Å². The standard InChI is InChI=1S/C37H23NO5/c39-37(40)43-32-18-17-22(38(41)42)19-21(32)20-31-33-27-13-5-1-9-23(27)25-11-3-7-15-29(25)35(33)36-30-16-8-4-12-26(30)24-10-2-6-14-28(24)34(31)36/h1-19,31H,20H2,(H,39,40). The van der Waals surface area contributed by atoms with Crippen molar-refractivity contribution in [3.8, 4) is 16.9 Å². The van der Waals surface area contributed by atoms with Crippen LogP contribution >= 0.6 is 0 Å². The van der Waals surface area contributed by atoms with Gasteiger partial charge in [0.25, 0.3) is 5.69 Å². The third-order valence-electron chi connectivity index (χ3n) is 8.77. The number of carboxylic acid groups (broad SMARTS) is 1. The van der Waals surface area contributed by atoms with Crippen molar-refractivity contribution in [3.63, 3.8) is 0 Å². The van der Waals surface area contributed by atoms with Crippen molar-refractivity contribution in [2.75, 3.05) is 0 Å². The van der Waals surface area contributed by atoms with Crippen LogP contribution in [-0.2, 0) is 6.42 Å². The van der Waals surface area contributed by atoms with Crippen LogP contribution in [0.15, 0.2) is 115 Å². The summed E-state index contributed by atoms with van der Waals surface area (Å²) in [6.07, 6.45) is -1.15. The fourth-order valence-electron chi connectivity index (χ4n) is 7.20. The van der Waals surface area contributed by atoms with E-state index in [1.807, 2.05) is 24.3 Å². The predicted molar refractivity (Wildman–Crippen MR) is 169 cm³/mol. The Morgan fingerprint density at radius 2 is 1.07 bits per heavy atom. The summed E-state index contributed by atoms with van der Waals surface area (Å²) < 4.78 is 5.18. The summed E-state index contributed by atoms with van der Waals surface area (Å²) in [6.45, 7) is 0. The lowest BCUT2D eigenvalue weighted by Gasteiger charge is -2.20. The first-order chi connectivity index (χ1) is 21.0. The SMILES string of the molecule is O=C(O)Oc1ccc([N+](=O)[O-])cc1CC1c2c(c3ccccc3c3ccccc23)-c2c1c1ccccc1c1ccccc21. The van der Waals surface area contributed by atoms with Crippen LogP contribution in [0.25, 0.3) is 54.2 Å². The highest BCUT2D eigenvalue weighted by molar-refractivity contribution is 6.25. The van der Waals surface area contributed by atoms with Gasteiger partial charge in [0.1, 0.15) is 5.75 Å². The number of benzene rings is 7. The normalized spacial score (nSPS) is 12.6. The maximum atomic E-state index is 11.8. The van der Waals surface area contributed by atoms with E-state index in [2.05, 4.69) is 72.8 Å². The Morgan fingerprint density at radius 1 is 0.651 bits per heavy atom. The molecule has 0 fully saturated rings. The van der Waals surface area contributed by atoms with Crippen molar-refractivity contribution < 1.29 is 19.6 Å². The number of nitrogens with zero attached hydrogens (tertiary/aromatic N) is 1. The molecule has 7 aromatic carbocycles. The number of non-ortho nitro benzene ring substituents is 1. The molecule has 8 rings (SSSR count). The van der Waals surface area contributed by atoms with Crippen LogP contribution in [0.5, 0.6) is 5.75 Å². The zero-order valence-electron chi connectivity index (χ0n) is 22.8. The maximum absolute atomic E-state index is 11.8. The average molecular weight is 562 g/mol. The highest BCUT2D eigenvalue weighted by Gasteiger charge is 2.36. The summed E-state index contributed by atoms with van der Waals surface area (Å²) >= 11 is 0. The largest absolute Gasteiger partial charge is 0.511 e. The van der Waals surface area contributed by atoms with E-state index in [1.54, 1.807) is 0 Å². The summed E-state index contributed by atoms with van der Waals surface area (Å²) in [7, 11) is 0.